The first-order valence-electron chi connectivity index (χ1n) is 10.6. The number of azo groups is 1. The number of aryl methyl sites for hydroxylation is 1. The summed E-state index contributed by atoms with van der Waals surface area (Å²) in [6.07, 6.45) is 0. The van der Waals surface area contributed by atoms with Crippen LogP contribution in [0, 0.1) is 6.92 Å². The van der Waals surface area contributed by atoms with Crippen LogP contribution in [0.5, 0.6) is 11.5 Å². The number of nitrogens with zero attached hydrogens (tertiary/aromatic N) is 2. The summed E-state index contributed by atoms with van der Waals surface area (Å²) in [4.78, 5) is 12.7. The van der Waals surface area contributed by atoms with Crippen LogP contribution in [0.15, 0.2) is 75.8 Å². The fourth-order valence-corrected chi connectivity index (χ4v) is 5.10. The Kier molecular flexibility index (Phi) is 7.37. The molecule has 0 spiro atoms. The molecule has 0 bridgehead atoms. The van der Waals surface area contributed by atoms with E-state index < -0.39 is 26.7 Å². The van der Waals surface area contributed by atoms with E-state index in [-0.39, 0.29) is 38.2 Å². The number of hydrogen-bond donors (Lipinski definition) is 3. The molecule has 0 radical (unpaired) electrons. The summed E-state index contributed by atoms with van der Waals surface area (Å²) < 4.78 is 38.9. The SMILES string of the molecule is COc1cccc(Cl)c1NC(=O)c1cc2ccccc2c(N=Nc2cc(Cl)cc(C)c2S(=O)(=O)O)c1O. The summed E-state index contributed by atoms with van der Waals surface area (Å²) in [7, 11) is -3.25. The predicted octanol–water partition coefficient (Wildman–Crippen LogP) is 7.08. The minimum atomic E-state index is -4.67. The first-order chi connectivity index (χ1) is 17.5. The zero-order valence-electron chi connectivity index (χ0n) is 19.4. The van der Waals surface area contributed by atoms with Gasteiger partial charge in [0.15, 0.2) is 5.75 Å². The monoisotopic (exact) mass is 559 g/mol. The molecule has 37 heavy (non-hydrogen) atoms. The number of phenols is 1. The Morgan fingerprint density at radius 3 is 2.46 bits per heavy atom. The fourth-order valence-electron chi connectivity index (χ4n) is 3.79. The average Bonchev–Trinajstić information content (AvgIpc) is 2.83. The number of phenolic OH excluding ortho intramolecular Hbond substituents is 1. The minimum absolute atomic E-state index is 0.103. The molecule has 4 aromatic rings. The maximum Gasteiger partial charge on any atom is 0.297 e. The molecule has 4 rings (SSSR count). The second-order valence-electron chi connectivity index (χ2n) is 7.86. The molecule has 0 aromatic heterocycles. The molecule has 0 aliphatic heterocycles. The van der Waals surface area contributed by atoms with Crippen molar-refractivity contribution in [3.8, 4) is 11.5 Å². The number of halogens is 2. The van der Waals surface area contributed by atoms with Crippen LogP contribution >= 0.6 is 23.2 Å². The molecule has 0 aliphatic carbocycles. The number of amides is 1. The molecular formula is C25H19Cl2N3O6S. The lowest BCUT2D eigenvalue weighted by Gasteiger charge is -2.14. The Morgan fingerprint density at radius 1 is 1.03 bits per heavy atom. The Morgan fingerprint density at radius 2 is 1.76 bits per heavy atom. The molecule has 0 aliphatic rings. The number of nitrogens with one attached hydrogen (secondary N) is 1. The standard InChI is InChI=1S/C25H19Cl2N3O6S/c1-13-10-15(26)12-19(24(13)37(33,34)35)29-30-21-16-7-4-3-6-14(16)11-17(23(21)31)25(32)28-22-18(27)8-5-9-20(22)36-2/h3-12,31H,1-2H3,(H,28,32)(H,33,34,35). The quantitative estimate of drug-likeness (QED) is 0.170. The maximum atomic E-state index is 13.2. The van der Waals surface area contributed by atoms with Crippen molar-refractivity contribution in [3.05, 3.63) is 81.8 Å². The highest BCUT2D eigenvalue weighted by molar-refractivity contribution is 7.86. The van der Waals surface area contributed by atoms with Crippen LogP contribution in [-0.2, 0) is 10.1 Å². The maximum absolute atomic E-state index is 13.2. The normalized spacial score (nSPS) is 11.7. The van der Waals surface area contributed by atoms with Gasteiger partial charge in [0.25, 0.3) is 16.0 Å². The zero-order chi connectivity index (χ0) is 26.9. The molecule has 0 saturated heterocycles. The topological polar surface area (TPSA) is 138 Å². The lowest BCUT2D eigenvalue weighted by molar-refractivity contribution is 0.102. The van der Waals surface area contributed by atoms with Crippen LogP contribution in [0.1, 0.15) is 15.9 Å². The van der Waals surface area contributed by atoms with Crippen molar-refractivity contribution in [2.75, 3.05) is 12.4 Å². The summed E-state index contributed by atoms with van der Waals surface area (Å²) in [5.74, 6) is -0.906. The van der Waals surface area contributed by atoms with E-state index in [0.29, 0.717) is 16.5 Å². The molecule has 1 amide bonds. The molecule has 0 unspecified atom stereocenters. The predicted molar refractivity (Wildman–Crippen MR) is 142 cm³/mol. The van der Waals surface area contributed by atoms with Gasteiger partial charge in [-0.1, -0.05) is 53.5 Å². The van der Waals surface area contributed by atoms with Gasteiger partial charge in [0.05, 0.1) is 17.7 Å². The molecule has 190 valence electrons. The van der Waals surface area contributed by atoms with Crippen molar-refractivity contribution in [1.82, 2.24) is 0 Å². The highest BCUT2D eigenvalue weighted by Crippen LogP contribution is 2.41. The summed E-state index contributed by atoms with van der Waals surface area (Å²) in [6, 6.07) is 15.6. The molecule has 0 saturated carbocycles. The van der Waals surface area contributed by atoms with E-state index >= 15 is 0 Å². The van der Waals surface area contributed by atoms with Gasteiger partial charge in [0.2, 0.25) is 0 Å². The summed E-state index contributed by atoms with van der Waals surface area (Å²) >= 11 is 12.3. The first kappa shape index (κ1) is 26.4. The van der Waals surface area contributed by atoms with Crippen molar-refractivity contribution in [2.24, 2.45) is 10.2 Å². The second kappa shape index (κ2) is 10.3. The molecule has 0 fully saturated rings. The van der Waals surface area contributed by atoms with Crippen molar-refractivity contribution >= 4 is 67.1 Å². The molecule has 9 nitrogen and oxygen atoms in total. The highest BCUT2D eigenvalue weighted by atomic mass is 35.5. The fraction of sp³-hybridized carbons (Fsp3) is 0.0800. The Bertz CT molecular complexity index is 1690. The van der Waals surface area contributed by atoms with Crippen molar-refractivity contribution in [1.29, 1.82) is 0 Å². The minimum Gasteiger partial charge on any atom is -0.505 e. The number of carbonyl (C=O) groups excluding carboxylic acids is 1. The molecular weight excluding hydrogens is 541 g/mol. The van der Waals surface area contributed by atoms with E-state index in [4.69, 9.17) is 27.9 Å². The van der Waals surface area contributed by atoms with Gasteiger partial charge in [-0.15, -0.1) is 10.2 Å². The molecule has 0 atom stereocenters. The smallest absolute Gasteiger partial charge is 0.297 e. The average molecular weight is 560 g/mol. The molecule has 12 heteroatoms. The first-order valence-corrected chi connectivity index (χ1v) is 12.8. The van der Waals surface area contributed by atoms with Crippen molar-refractivity contribution < 1.29 is 27.6 Å². The van der Waals surface area contributed by atoms with E-state index in [2.05, 4.69) is 15.5 Å². The van der Waals surface area contributed by atoms with Gasteiger partial charge in [0, 0.05) is 10.4 Å². The Labute approximate surface area is 222 Å². The van der Waals surface area contributed by atoms with Crippen molar-refractivity contribution in [3.63, 3.8) is 0 Å². The van der Waals surface area contributed by atoms with E-state index in [9.17, 15) is 22.9 Å². The van der Waals surface area contributed by atoms with Crippen LogP contribution < -0.4 is 10.1 Å². The summed E-state index contributed by atoms with van der Waals surface area (Å²) in [5, 5.41) is 23.1. The molecule has 0 heterocycles. The molecule has 3 N–H and O–H groups in total. The number of rotatable bonds is 6. The number of benzene rings is 4. The number of ether oxygens (including phenoxy) is 1. The Hall–Kier alpha value is -3.70. The molecule has 4 aromatic carbocycles. The van der Waals surface area contributed by atoms with Crippen LogP contribution in [0.3, 0.4) is 0 Å². The van der Waals surface area contributed by atoms with Gasteiger partial charge in [-0.25, -0.2) is 0 Å². The number of para-hydroxylation sites is 1. The van der Waals surface area contributed by atoms with Gasteiger partial charge < -0.3 is 15.2 Å². The van der Waals surface area contributed by atoms with Gasteiger partial charge >= 0.3 is 0 Å². The van der Waals surface area contributed by atoms with E-state index in [1.54, 1.807) is 42.5 Å². The van der Waals surface area contributed by atoms with E-state index in [1.165, 1.54) is 32.2 Å². The third-order valence-corrected chi connectivity index (χ3v) is 6.99. The number of hydrogen-bond acceptors (Lipinski definition) is 7. The van der Waals surface area contributed by atoms with Gasteiger partial charge in [-0.2, -0.15) is 8.42 Å². The van der Waals surface area contributed by atoms with Gasteiger partial charge in [-0.3, -0.25) is 9.35 Å². The summed E-state index contributed by atoms with van der Waals surface area (Å²) in [5.41, 5.74) is -0.133. The Balaban J connectivity index is 1.87. The highest BCUT2D eigenvalue weighted by Gasteiger charge is 2.22. The summed E-state index contributed by atoms with van der Waals surface area (Å²) in [6.45, 7) is 1.44. The lowest BCUT2D eigenvalue weighted by atomic mass is 10.0. The number of carbonyl (C=O) groups is 1. The van der Waals surface area contributed by atoms with Crippen LogP contribution in [0.25, 0.3) is 10.8 Å². The number of anilines is 1. The van der Waals surface area contributed by atoms with Gasteiger partial charge in [-0.05, 0) is 48.2 Å². The van der Waals surface area contributed by atoms with E-state index in [1.807, 2.05) is 0 Å². The third kappa shape index (κ3) is 5.37. The third-order valence-electron chi connectivity index (χ3n) is 5.41. The van der Waals surface area contributed by atoms with Crippen molar-refractivity contribution in [2.45, 2.75) is 11.8 Å². The van der Waals surface area contributed by atoms with Crippen LogP contribution in [0.4, 0.5) is 17.1 Å². The van der Waals surface area contributed by atoms with E-state index in [0.717, 1.165) is 0 Å². The zero-order valence-corrected chi connectivity index (χ0v) is 21.7. The number of fused-ring (bicyclic) bond motifs is 1. The number of aromatic hydroxyl groups is 1. The van der Waals surface area contributed by atoms with Crippen LogP contribution in [-0.4, -0.2) is 31.1 Å². The van der Waals surface area contributed by atoms with Gasteiger partial charge in [0.1, 0.15) is 27.7 Å². The van der Waals surface area contributed by atoms with Crippen LogP contribution in [0.2, 0.25) is 10.0 Å². The second-order valence-corrected chi connectivity index (χ2v) is 10.1. The lowest BCUT2D eigenvalue weighted by Crippen LogP contribution is -2.13. The number of methoxy groups -OCH3 is 1. The largest absolute Gasteiger partial charge is 0.505 e.